The minimum Gasteiger partial charge on any atom is -0.494 e. The van der Waals surface area contributed by atoms with Crippen LogP contribution in [-0.2, 0) is 0 Å². The highest BCUT2D eigenvalue weighted by Gasteiger charge is 2.00. The molecule has 0 aliphatic rings. The molecule has 1 aromatic carbocycles. The first-order chi connectivity index (χ1) is 10.2. The quantitative estimate of drug-likeness (QED) is 0.623. The number of ether oxygens (including phenoxy) is 1. The van der Waals surface area contributed by atoms with Crippen molar-refractivity contribution in [2.45, 2.75) is 20.3 Å². The Hall–Kier alpha value is -2.70. The largest absolute Gasteiger partial charge is 0.494 e. The number of hydrazone groups is 1. The number of rotatable bonds is 6. The van der Waals surface area contributed by atoms with Gasteiger partial charge in [0.25, 0.3) is 0 Å². The van der Waals surface area contributed by atoms with Crippen molar-refractivity contribution in [3.05, 3.63) is 46.0 Å². The summed E-state index contributed by atoms with van der Waals surface area (Å²) in [4.78, 5) is 14.8. The molecule has 0 atom stereocenters. The van der Waals surface area contributed by atoms with E-state index in [0.717, 1.165) is 17.7 Å². The van der Waals surface area contributed by atoms with Gasteiger partial charge in [0.15, 0.2) is 5.82 Å². The molecule has 7 heteroatoms. The topological polar surface area (TPSA) is 92.3 Å². The molecule has 2 rings (SSSR count). The van der Waals surface area contributed by atoms with E-state index in [4.69, 9.17) is 4.74 Å². The van der Waals surface area contributed by atoms with Crippen LogP contribution in [0.5, 0.6) is 5.75 Å². The van der Waals surface area contributed by atoms with Gasteiger partial charge in [0.05, 0.1) is 12.8 Å². The van der Waals surface area contributed by atoms with E-state index in [0.29, 0.717) is 18.1 Å². The van der Waals surface area contributed by atoms with Crippen LogP contribution in [0, 0.1) is 6.92 Å². The molecule has 0 unspecified atom stereocenters. The van der Waals surface area contributed by atoms with Crippen LogP contribution in [0.1, 0.15) is 24.6 Å². The van der Waals surface area contributed by atoms with Crippen molar-refractivity contribution in [3.8, 4) is 5.75 Å². The van der Waals surface area contributed by atoms with Gasteiger partial charge >= 0.3 is 5.69 Å². The second-order valence-corrected chi connectivity index (χ2v) is 4.37. The molecule has 0 radical (unpaired) electrons. The number of anilines is 1. The third kappa shape index (κ3) is 4.41. The minimum atomic E-state index is -0.520. The zero-order valence-corrected chi connectivity index (χ0v) is 12.0. The molecule has 21 heavy (non-hydrogen) atoms. The summed E-state index contributed by atoms with van der Waals surface area (Å²) in [6.07, 6.45) is 2.58. The summed E-state index contributed by atoms with van der Waals surface area (Å²) in [5.41, 5.74) is 3.62. The Kier molecular flexibility index (Phi) is 5.03. The number of nitrogens with zero attached hydrogens (tertiary/aromatic N) is 3. The second-order valence-electron chi connectivity index (χ2n) is 4.37. The fraction of sp³-hybridized carbons (Fsp3) is 0.286. The Morgan fingerprint density at radius 1 is 1.48 bits per heavy atom. The predicted octanol–water partition coefficient (Wildman–Crippen LogP) is 1.71. The number of hydrogen-bond donors (Lipinski definition) is 2. The zero-order chi connectivity index (χ0) is 15.1. The van der Waals surface area contributed by atoms with Crippen LogP contribution in [0.25, 0.3) is 0 Å². The zero-order valence-electron chi connectivity index (χ0n) is 12.0. The highest BCUT2D eigenvalue weighted by Crippen LogP contribution is 2.12. The van der Waals surface area contributed by atoms with Gasteiger partial charge in [0.1, 0.15) is 11.4 Å². The molecule has 2 N–H and O–H groups in total. The molecule has 0 aliphatic heterocycles. The molecule has 2 aromatic rings. The van der Waals surface area contributed by atoms with E-state index in [-0.39, 0.29) is 0 Å². The lowest BCUT2D eigenvalue weighted by Gasteiger charge is -2.04. The third-order valence-corrected chi connectivity index (χ3v) is 2.59. The summed E-state index contributed by atoms with van der Waals surface area (Å²) in [6.45, 7) is 4.46. The van der Waals surface area contributed by atoms with E-state index in [1.165, 1.54) is 0 Å². The highest BCUT2D eigenvalue weighted by atomic mass is 16.5. The molecule has 0 saturated carbocycles. The molecule has 0 spiro atoms. The normalized spacial score (nSPS) is 10.8. The number of aromatic amines is 1. The monoisotopic (exact) mass is 287 g/mol. The Morgan fingerprint density at radius 2 is 2.33 bits per heavy atom. The lowest BCUT2D eigenvalue weighted by molar-refractivity contribution is 0.317. The number of benzene rings is 1. The van der Waals surface area contributed by atoms with Crippen molar-refractivity contribution < 1.29 is 4.74 Å². The van der Waals surface area contributed by atoms with Crippen molar-refractivity contribution >= 4 is 12.0 Å². The molecule has 1 aromatic heterocycles. The van der Waals surface area contributed by atoms with E-state index in [2.05, 4.69) is 32.6 Å². The van der Waals surface area contributed by atoms with Gasteiger partial charge in [0, 0.05) is 0 Å². The van der Waals surface area contributed by atoms with Gasteiger partial charge in [-0.25, -0.2) is 9.89 Å². The van der Waals surface area contributed by atoms with Gasteiger partial charge in [-0.05, 0) is 31.0 Å². The van der Waals surface area contributed by atoms with Crippen molar-refractivity contribution in [1.29, 1.82) is 0 Å². The lowest BCUT2D eigenvalue weighted by atomic mass is 10.2. The smallest absolute Gasteiger partial charge is 0.363 e. The fourth-order valence-electron chi connectivity index (χ4n) is 1.57. The maximum Gasteiger partial charge on any atom is 0.363 e. The Labute approximate surface area is 122 Å². The maximum absolute atomic E-state index is 11.1. The third-order valence-electron chi connectivity index (χ3n) is 2.59. The van der Waals surface area contributed by atoms with Crippen LogP contribution in [-0.4, -0.2) is 28.0 Å². The first-order valence-corrected chi connectivity index (χ1v) is 6.64. The number of aromatic nitrogens is 3. The average Bonchev–Trinajstić information content (AvgIpc) is 2.49. The molecule has 0 fully saturated rings. The Morgan fingerprint density at radius 3 is 3.14 bits per heavy atom. The van der Waals surface area contributed by atoms with Gasteiger partial charge in [-0.1, -0.05) is 19.1 Å². The van der Waals surface area contributed by atoms with Crippen LogP contribution in [0.15, 0.2) is 34.2 Å². The van der Waals surface area contributed by atoms with Gasteiger partial charge in [0.2, 0.25) is 0 Å². The van der Waals surface area contributed by atoms with Crippen LogP contribution in [0.2, 0.25) is 0 Å². The molecule has 0 saturated heterocycles. The number of hydrogen-bond acceptors (Lipinski definition) is 6. The first-order valence-electron chi connectivity index (χ1n) is 6.64. The predicted molar refractivity (Wildman–Crippen MR) is 80.8 cm³/mol. The first kappa shape index (κ1) is 14.7. The molecular formula is C14H17N5O2. The second kappa shape index (κ2) is 7.18. The van der Waals surface area contributed by atoms with Gasteiger partial charge < -0.3 is 4.74 Å². The Bertz CT molecular complexity index is 681. The van der Waals surface area contributed by atoms with Gasteiger partial charge in [-0.15, -0.1) is 0 Å². The van der Waals surface area contributed by atoms with E-state index < -0.39 is 5.69 Å². The van der Waals surface area contributed by atoms with Crippen molar-refractivity contribution in [2.24, 2.45) is 5.10 Å². The molecular weight excluding hydrogens is 270 g/mol. The summed E-state index contributed by atoms with van der Waals surface area (Å²) in [5, 5.41) is 10.1. The SMILES string of the molecule is CCCOc1cccc(/C=N\Nc2nc(=O)[nH]nc2C)c1. The number of H-pyrrole nitrogens is 1. The van der Waals surface area contributed by atoms with Crippen molar-refractivity contribution in [3.63, 3.8) is 0 Å². The summed E-state index contributed by atoms with van der Waals surface area (Å²) in [6, 6.07) is 7.58. The molecule has 1 heterocycles. The Balaban J connectivity index is 2.04. The molecule has 0 bridgehead atoms. The van der Waals surface area contributed by atoms with E-state index in [9.17, 15) is 4.79 Å². The van der Waals surface area contributed by atoms with Gasteiger partial charge in [-0.3, -0.25) is 5.43 Å². The van der Waals surface area contributed by atoms with E-state index in [1.54, 1.807) is 13.1 Å². The molecule has 0 amide bonds. The number of nitrogens with one attached hydrogen (secondary N) is 2. The van der Waals surface area contributed by atoms with Gasteiger partial charge in [-0.2, -0.15) is 15.2 Å². The number of aryl methyl sites for hydroxylation is 1. The molecule has 0 aliphatic carbocycles. The van der Waals surface area contributed by atoms with Crippen LogP contribution >= 0.6 is 0 Å². The van der Waals surface area contributed by atoms with Crippen molar-refractivity contribution in [1.82, 2.24) is 15.2 Å². The van der Waals surface area contributed by atoms with Crippen molar-refractivity contribution in [2.75, 3.05) is 12.0 Å². The van der Waals surface area contributed by atoms with Crippen LogP contribution in [0.3, 0.4) is 0 Å². The van der Waals surface area contributed by atoms with Crippen LogP contribution in [0.4, 0.5) is 5.82 Å². The lowest BCUT2D eigenvalue weighted by Crippen LogP contribution is -2.15. The summed E-state index contributed by atoms with van der Waals surface area (Å²) in [5.74, 6) is 1.13. The summed E-state index contributed by atoms with van der Waals surface area (Å²) < 4.78 is 5.55. The van der Waals surface area contributed by atoms with E-state index in [1.807, 2.05) is 24.3 Å². The fourth-order valence-corrected chi connectivity index (χ4v) is 1.57. The summed E-state index contributed by atoms with van der Waals surface area (Å²) >= 11 is 0. The van der Waals surface area contributed by atoms with Crippen LogP contribution < -0.4 is 15.9 Å². The molecule has 7 nitrogen and oxygen atoms in total. The van der Waals surface area contributed by atoms with E-state index >= 15 is 0 Å². The minimum absolute atomic E-state index is 0.327. The maximum atomic E-state index is 11.1. The highest BCUT2D eigenvalue weighted by molar-refractivity contribution is 5.80. The standard InChI is InChI=1S/C14H17N5O2/c1-3-7-21-12-6-4-5-11(8-12)9-15-18-13-10(2)17-19-14(20)16-13/h4-6,8-9H,3,7H2,1-2H3,(H2,16,18,19,20)/b15-9-. The summed E-state index contributed by atoms with van der Waals surface area (Å²) in [7, 11) is 0. The molecule has 110 valence electrons. The average molecular weight is 287 g/mol.